The topological polar surface area (TPSA) is 17.1 Å². The van der Waals surface area contributed by atoms with E-state index in [1.54, 1.807) is 6.07 Å². The van der Waals surface area contributed by atoms with Gasteiger partial charge in [0.25, 0.3) is 0 Å². The third kappa shape index (κ3) is 2.13. The molecule has 0 aliphatic carbocycles. The zero-order valence-corrected chi connectivity index (χ0v) is 10.9. The van der Waals surface area contributed by atoms with Gasteiger partial charge in [-0.15, -0.1) is 0 Å². The van der Waals surface area contributed by atoms with Crippen LogP contribution < -0.4 is 0 Å². The SMILES string of the molecule is O=Cc1cccc(-c2ccc(Cl)c3ccccc23)c1. The zero-order valence-electron chi connectivity index (χ0n) is 10.1. The maximum atomic E-state index is 10.9. The number of hydrogen-bond acceptors (Lipinski definition) is 1. The molecule has 0 aromatic heterocycles. The summed E-state index contributed by atoms with van der Waals surface area (Å²) in [6, 6.07) is 19.5. The van der Waals surface area contributed by atoms with E-state index in [0.717, 1.165) is 33.2 Å². The summed E-state index contributed by atoms with van der Waals surface area (Å²) in [5.41, 5.74) is 2.79. The Morgan fingerprint density at radius 2 is 1.63 bits per heavy atom. The van der Waals surface area contributed by atoms with Gasteiger partial charge in [-0.2, -0.15) is 0 Å². The fourth-order valence-corrected chi connectivity index (χ4v) is 2.52. The first-order valence-electron chi connectivity index (χ1n) is 6.02. The molecule has 3 aromatic rings. The van der Waals surface area contributed by atoms with Gasteiger partial charge in [-0.3, -0.25) is 4.79 Å². The summed E-state index contributed by atoms with van der Waals surface area (Å²) in [5.74, 6) is 0. The Labute approximate surface area is 116 Å². The van der Waals surface area contributed by atoms with Gasteiger partial charge >= 0.3 is 0 Å². The van der Waals surface area contributed by atoms with E-state index in [1.165, 1.54) is 0 Å². The van der Waals surface area contributed by atoms with Gasteiger partial charge in [-0.25, -0.2) is 0 Å². The van der Waals surface area contributed by atoms with Crippen LogP contribution >= 0.6 is 11.6 Å². The summed E-state index contributed by atoms with van der Waals surface area (Å²) in [6.45, 7) is 0. The van der Waals surface area contributed by atoms with E-state index in [9.17, 15) is 4.79 Å². The molecule has 0 aliphatic heterocycles. The van der Waals surface area contributed by atoms with Crippen molar-refractivity contribution < 1.29 is 4.79 Å². The average molecular weight is 267 g/mol. The lowest BCUT2D eigenvalue weighted by Gasteiger charge is -2.08. The van der Waals surface area contributed by atoms with Crippen molar-refractivity contribution in [2.45, 2.75) is 0 Å². The predicted octanol–water partition coefficient (Wildman–Crippen LogP) is 4.97. The van der Waals surface area contributed by atoms with Crippen LogP contribution in [-0.4, -0.2) is 6.29 Å². The summed E-state index contributed by atoms with van der Waals surface area (Å²) in [6.07, 6.45) is 0.863. The minimum atomic E-state index is 0.677. The maximum Gasteiger partial charge on any atom is 0.150 e. The molecule has 3 aromatic carbocycles. The van der Waals surface area contributed by atoms with Crippen molar-refractivity contribution >= 4 is 28.7 Å². The highest BCUT2D eigenvalue weighted by Crippen LogP contribution is 2.33. The van der Waals surface area contributed by atoms with Crippen LogP contribution in [0.1, 0.15) is 10.4 Å². The van der Waals surface area contributed by atoms with Crippen LogP contribution in [-0.2, 0) is 0 Å². The van der Waals surface area contributed by atoms with Gasteiger partial charge < -0.3 is 0 Å². The van der Waals surface area contributed by atoms with Gasteiger partial charge in [0.2, 0.25) is 0 Å². The number of aldehydes is 1. The minimum absolute atomic E-state index is 0.677. The Morgan fingerprint density at radius 1 is 0.842 bits per heavy atom. The Hall–Kier alpha value is -2.12. The Balaban J connectivity index is 2.30. The number of fused-ring (bicyclic) bond motifs is 1. The van der Waals surface area contributed by atoms with Crippen LogP contribution in [0.25, 0.3) is 21.9 Å². The van der Waals surface area contributed by atoms with E-state index in [-0.39, 0.29) is 0 Å². The molecule has 0 unspecified atom stereocenters. The number of rotatable bonds is 2. The van der Waals surface area contributed by atoms with E-state index >= 15 is 0 Å². The fraction of sp³-hybridized carbons (Fsp3) is 0. The Bertz CT molecular complexity index is 762. The van der Waals surface area contributed by atoms with Crippen LogP contribution in [0.3, 0.4) is 0 Å². The van der Waals surface area contributed by atoms with Gasteiger partial charge in [0, 0.05) is 16.0 Å². The van der Waals surface area contributed by atoms with Crippen molar-refractivity contribution in [3.8, 4) is 11.1 Å². The van der Waals surface area contributed by atoms with Crippen LogP contribution in [0.2, 0.25) is 5.02 Å². The molecule has 0 aliphatic rings. The van der Waals surface area contributed by atoms with Gasteiger partial charge in [0.1, 0.15) is 6.29 Å². The molecule has 0 saturated carbocycles. The molecule has 0 saturated heterocycles. The third-order valence-electron chi connectivity index (χ3n) is 3.20. The van der Waals surface area contributed by atoms with Crippen molar-refractivity contribution in [1.29, 1.82) is 0 Å². The van der Waals surface area contributed by atoms with Crippen molar-refractivity contribution in [3.05, 3.63) is 71.2 Å². The molecule has 0 radical (unpaired) electrons. The summed E-state index contributed by atoms with van der Waals surface area (Å²) in [7, 11) is 0. The van der Waals surface area contributed by atoms with E-state index in [2.05, 4.69) is 0 Å². The van der Waals surface area contributed by atoms with Crippen LogP contribution in [0, 0.1) is 0 Å². The average Bonchev–Trinajstić information content (AvgIpc) is 2.48. The first-order valence-corrected chi connectivity index (χ1v) is 6.40. The summed E-state index contributed by atoms with van der Waals surface area (Å²) in [5, 5.41) is 2.86. The minimum Gasteiger partial charge on any atom is -0.298 e. The van der Waals surface area contributed by atoms with Crippen LogP contribution in [0.15, 0.2) is 60.7 Å². The molecular weight excluding hydrogens is 256 g/mol. The zero-order chi connectivity index (χ0) is 13.2. The quantitative estimate of drug-likeness (QED) is 0.598. The molecule has 0 N–H and O–H groups in total. The fourth-order valence-electron chi connectivity index (χ4n) is 2.29. The molecular formula is C17H11ClO. The molecule has 3 rings (SSSR count). The van der Waals surface area contributed by atoms with Crippen molar-refractivity contribution in [2.75, 3.05) is 0 Å². The first-order chi connectivity index (χ1) is 9.29. The number of halogens is 1. The predicted molar refractivity (Wildman–Crippen MR) is 79.8 cm³/mol. The summed E-state index contributed by atoms with van der Waals surface area (Å²) in [4.78, 5) is 10.9. The summed E-state index contributed by atoms with van der Waals surface area (Å²) >= 11 is 6.22. The second-order valence-electron chi connectivity index (χ2n) is 4.38. The number of hydrogen-bond donors (Lipinski definition) is 0. The van der Waals surface area contributed by atoms with Crippen LogP contribution in [0.4, 0.5) is 0 Å². The highest BCUT2D eigenvalue weighted by Gasteiger charge is 2.06. The Kier molecular flexibility index (Phi) is 3.06. The second kappa shape index (κ2) is 4.87. The highest BCUT2D eigenvalue weighted by atomic mass is 35.5. The van der Waals surface area contributed by atoms with Gasteiger partial charge in [0.05, 0.1) is 0 Å². The molecule has 2 heteroatoms. The van der Waals surface area contributed by atoms with Crippen molar-refractivity contribution in [2.24, 2.45) is 0 Å². The van der Waals surface area contributed by atoms with E-state index in [1.807, 2.05) is 54.6 Å². The van der Waals surface area contributed by atoms with Crippen molar-refractivity contribution in [1.82, 2.24) is 0 Å². The van der Waals surface area contributed by atoms with Gasteiger partial charge in [-0.1, -0.05) is 60.1 Å². The summed E-state index contributed by atoms with van der Waals surface area (Å²) < 4.78 is 0. The molecule has 0 bridgehead atoms. The molecule has 0 fully saturated rings. The lowest BCUT2D eigenvalue weighted by atomic mass is 9.97. The molecule has 0 spiro atoms. The highest BCUT2D eigenvalue weighted by molar-refractivity contribution is 6.36. The lowest BCUT2D eigenvalue weighted by Crippen LogP contribution is -1.85. The third-order valence-corrected chi connectivity index (χ3v) is 3.53. The van der Waals surface area contributed by atoms with E-state index in [0.29, 0.717) is 5.56 Å². The number of carbonyl (C=O) groups is 1. The van der Waals surface area contributed by atoms with Gasteiger partial charge in [0.15, 0.2) is 0 Å². The molecule has 19 heavy (non-hydrogen) atoms. The number of carbonyl (C=O) groups excluding carboxylic acids is 1. The molecule has 0 atom stereocenters. The van der Waals surface area contributed by atoms with Crippen LogP contribution in [0.5, 0.6) is 0 Å². The Morgan fingerprint density at radius 3 is 2.42 bits per heavy atom. The molecule has 92 valence electrons. The van der Waals surface area contributed by atoms with Crippen molar-refractivity contribution in [3.63, 3.8) is 0 Å². The smallest absolute Gasteiger partial charge is 0.150 e. The van der Waals surface area contributed by atoms with Gasteiger partial charge in [-0.05, 0) is 28.6 Å². The maximum absolute atomic E-state index is 10.9. The second-order valence-corrected chi connectivity index (χ2v) is 4.79. The first kappa shape index (κ1) is 11.9. The standard InChI is InChI=1S/C17H11ClO/c18-17-9-8-14(15-6-1-2-7-16(15)17)13-5-3-4-12(10-13)11-19/h1-11H. The molecule has 0 amide bonds. The molecule has 0 heterocycles. The number of benzene rings is 3. The lowest BCUT2D eigenvalue weighted by molar-refractivity contribution is 0.112. The van der Waals surface area contributed by atoms with E-state index in [4.69, 9.17) is 11.6 Å². The normalized spacial score (nSPS) is 10.6. The largest absolute Gasteiger partial charge is 0.298 e. The monoisotopic (exact) mass is 266 g/mol. The molecule has 1 nitrogen and oxygen atoms in total. The van der Waals surface area contributed by atoms with E-state index < -0.39 is 0 Å².